The van der Waals surface area contributed by atoms with Crippen molar-refractivity contribution in [2.75, 3.05) is 13.7 Å². The summed E-state index contributed by atoms with van der Waals surface area (Å²) < 4.78 is 17.7. The molecule has 0 aliphatic heterocycles. The van der Waals surface area contributed by atoms with Crippen LogP contribution in [0.2, 0.25) is 0 Å². The summed E-state index contributed by atoms with van der Waals surface area (Å²) >= 11 is 0. The number of aliphatic hydroxyl groups excluding tert-OH is 1. The summed E-state index contributed by atoms with van der Waals surface area (Å²) in [5.41, 5.74) is 1.87. The quantitative estimate of drug-likeness (QED) is 0.809. The van der Waals surface area contributed by atoms with Crippen molar-refractivity contribution in [1.29, 1.82) is 0 Å². The van der Waals surface area contributed by atoms with E-state index in [0.29, 0.717) is 19.4 Å². The van der Waals surface area contributed by atoms with Gasteiger partial charge in [0.05, 0.1) is 6.10 Å². The zero-order valence-electron chi connectivity index (χ0n) is 9.16. The Balaban J connectivity index is 2.56. The van der Waals surface area contributed by atoms with Crippen LogP contribution >= 0.6 is 0 Å². The lowest BCUT2D eigenvalue weighted by molar-refractivity contribution is 0.110. The molecule has 84 valence electrons. The first-order chi connectivity index (χ1) is 7.13. The van der Waals surface area contributed by atoms with Crippen LogP contribution in [-0.2, 0) is 11.2 Å². The lowest BCUT2D eigenvalue weighted by Gasteiger charge is -2.11. The molecule has 0 radical (unpaired) electrons. The van der Waals surface area contributed by atoms with Gasteiger partial charge in [-0.05, 0) is 43.0 Å². The molecule has 1 atom stereocenters. The number of halogens is 1. The molecule has 0 saturated heterocycles. The summed E-state index contributed by atoms with van der Waals surface area (Å²) in [7, 11) is 1.61. The van der Waals surface area contributed by atoms with E-state index in [1.165, 1.54) is 12.1 Å². The SMILES string of the molecule is COCCC(O)Cc1ccc(F)cc1C. The molecular formula is C12H17FO2. The van der Waals surface area contributed by atoms with Gasteiger partial charge in [-0.25, -0.2) is 4.39 Å². The van der Waals surface area contributed by atoms with Crippen LogP contribution in [0.5, 0.6) is 0 Å². The van der Waals surface area contributed by atoms with Crippen molar-refractivity contribution >= 4 is 0 Å². The number of benzene rings is 1. The Kier molecular flexibility index (Phi) is 4.72. The third kappa shape index (κ3) is 3.98. The Morgan fingerprint density at radius 3 is 2.80 bits per heavy atom. The molecule has 0 aliphatic carbocycles. The van der Waals surface area contributed by atoms with Crippen molar-refractivity contribution in [1.82, 2.24) is 0 Å². The van der Waals surface area contributed by atoms with Gasteiger partial charge >= 0.3 is 0 Å². The van der Waals surface area contributed by atoms with Crippen molar-refractivity contribution in [3.63, 3.8) is 0 Å². The third-order valence-corrected chi connectivity index (χ3v) is 2.42. The predicted octanol–water partition coefficient (Wildman–Crippen LogP) is 2.07. The van der Waals surface area contributed by atoms with Crippen molar-refractivity contribution in [3.05, 3.63) is 35.1 Å². The highest BCUT2D eigenvalue weighted by Gasteiger charge is 2.07. The van der Waals surface area contributed by atoms with Gasteiger partial charge in [0, 0.05) is 13.7 Å². The van der Waals surface area contributed by atoms with Crippen molar-refractivity contribution < 1.29 is 14.2 Å². The molecule has 0 fully saturated rings. The minimum atomic E-state index is -0.422. The molecule has 0 bridgehead atoms. The average molecular weight is 212 g/mol. The van der Waals surface area contributed by atoms with E-state index in [2.05, 4.69) is 0 Å². The van der Waals surface area contributed by atoms with Crippen LogP contribution in [-0.4, -0.2) is 24.9 Å². The molecule has 0 saturated carbocycles. The van der Waals surface area contributed by atoms with Crippen molar-refractivity contribution in [3.8, 4) is 0 Å². The Bertz CT molecular complexity index is 312. The van der Waals surface area contributed by atoms with Crippen LogP contribution in [0.1, 0.15) is 17.5 Å². The zero-order chi connectivity index (χ0) is 11.3. The van der Waals surface area contributed by atoms with Gasteiger partial charge in [0.25, 0.3) is 0 Å². The molecule has 0 aromatic heterocycles. The molecule has 0 aliphatic rings. The molecule has 15 heavy (non-hydrogen) atoms. The third-order valence-electron chi connectivity index (χ3n) is 2.42. The Hall–Kier alpha value is -0.930. The van der Waals surface area contributed by atoms with Gasteiger partial charge in [-0.15, -0.1) is 0 Å². The van der Waals surface area contributed by atoms with Crippen LogP contribution in [0.4, 0.5) is 4.39 Å². The number of hydrogen-bond acceptors (Lipinski definition) is 2. The number of aryl methyl sites for hydroxylation is 1. The normalized spacial score (nSPS) is 12.8. The average Bonchev–Trinajstić information content (AvgIpc) is 2.19. The molecule has 0 amide bonds. The summed E-state index contributed by atoms with van der Waals surface area (Å²) in [4.78, 5) is 0. The second-order valence-corrected chi connectivity index (χ2v) is 3.71. The van der Waals surface area contributed by atoms with E-state index in [-0.39, 0.29) is 5.82 Å². The minimum absolute atomic E-state index is 0.234. The van der Waals surface area contributed by atoms with E-state index in [4.69, 9.17) is 4.74 Å². The number of aliphatic hydroxyl groups is 1. The maximum absolute atomic E-state index is 12.8. The lowest BCUT2D eigenvalue weighted by Crippen LogP contribution is -2.13. The zero-order valence-corrected chi connectivity index (χ0v) is 9.16. The highest BCUT2D eigenvalue weighted by molar-refractivity contribution is 5.27. The van der Waals surface area contributed by atoms with Crippen LogP contribution in [0.15, 0.2) is 18.2 Å². The Morgan fingerprint density at radius 2 is 2.20 bits per heavy atom. The number of rotatable bonds is 5. The van der Waals surface area contributed by atoms with Crippen LogP contribution < -0.4 is 0 Å². The van der Waals surface area contributed by atoms with Crippen molar-refractivity contribution in [2.45, 2.75) is 25.9 Å². The highest BCUT2D eigenvalue weighted by atomic mass is 19.1. The number of hydrogen-bond donors (Lipinski definition) is 1. The predicted molar refractivity (Wildman–Crippen MR) is 57.3 cm³/mol. The Morgan fingerprint density at radius 1 is 1.47 bits per heavy atom. The van der Waals surface area contributed by atoms with E-state index in [1.54, 1.807) is 13.2 Å². The van der Waals surface area contributed by atoms with E-state index >= 15 is 0 Å². The molecule has 0 spiro atoms. The van der Waals surface area contributed by atoms with Gasteiger partial charge in [-0.3, -0.25) is 0 Å². The maximum Gasteiger partial charge on any atom is 0.123 e. The number of methoxy groups -OCH3 is 1. The first-order valence-electron chi connectivity index (χ1n) is 5.05. The maximum atomic E-state index is 12.8. The summed E-state index contributed by atoms with van der Waals surface area (Å²) in [5.74, 6) is -0.234. The fourth-order valence-electron chi connectivity index (χ4n) is 1.50. The fourth-order valence-corrected chi connectivity index (χ4v) is 1.50. The van der Waals surface area contributed by atoms with Crippen molar-refractivity contribution in [2.24, 2.45) is 0 Å². The molecule has 3 heteroatoms. The van der Waals surface area contributed by atoms with Gasteiger partial charge in [-0.1, -0.05) is 6.07 Å². The van der Waals surface area contributed by atoms with E-state index in [9.17, 15) is 9.50 Å². The molecule has 2 nitrogen and oxygen atoms in total. The van der Waals surface area contributed by atoms with E-state index in [1.807, 2.05) is 6.92 Å². The molecule has 1 unspecified atom stereocenters. The molecule has 0 heterocycles. The summed E-state index contributed by atoms with van der Waals surface area (Å²) in [5, 5.41) is 9.65. The molecule has 1 aromatic rings. The van der Waals surface area contributed by atoms with Gasteiger partial charge in [0.2, 0.25) is 0 Å². The molecule has 1 rings (SSSR count). The summed E-state index contributed by atoms with van der Waals surface area (Å²) in [6.45, 7) is 2.39. The highest BCUT2D eigenvalue weighted by Crippen LogP contribution is 2.13. The minimum Gasteiger partial charge on any atom is -0.393 e. The molecular weight excluding hydrogens is 195 g/mol. The second-order valence-electron chi connectivity index (χ2n) is 3.71. The second kappa shape index (κ2) is 5.83. The summed E-state index contributed by atoms with van der Waals surface area (Å²) in [6.07, 6.45) is 0.733. The van der Waals surface area contributed by atoms with Gasteiger partial charge in [-0.2, -0.15) is 0 Å². The van der Waals surface area contributed by atoms with Crippen LogP contribution in [0, 0.1) is 12.7 Å². The largest absolute Gasteiger partial charge is 0.393 e. The monoisotopic (exact) mass is 212 g/mol. The van der Waals surface area contributed by atoms with Crippen LogP contribution in [0.3, 0.4) is 0 Å². The van der Waals surface area contributed by atoms with Crippen LogP contribution in [0.25, 0.3) is 0 Å². The molecule has 1 N–H and O–H groups in total. The number of ether oxygens (including phenoxy) is 1. The molecule has 1 aromatic carbocycles. The summed E-state index contributed by atoms with van der Waals surface area (Å²) in [6, 6.07) is 4.63. The van der Waals surface area contributed by atoms with Gasteiger partial charge < -0.3 is 9.84 Å². The van der Waals surface area contributed by atoms with E-state index in [0.717, 1.165) is 11.1 Å². The first-order valence-corrected chi connectivity index (χ1v) is 5.05. The van der Waals surface area contributed by atoms with Gasteiger partial charge in [0.15, 0.2) is 0 Å². The first kappa shape index (κ1) is 12.1. The lowest BCUT2D eigenvalue weighted by atomic mass is 10.0. The standard InChI is InChI=1S/C12H17FO2/c1-9-7-11(13)4-3-10(9)8-12(14)5-6-15-2/h3-4,7,12,14H,5-6,8H2,1-2H3. The fraction of sp³-hybridized carbons (Fsp3) is 0.500. The van der Waals surface area contributed by atoms with Gasteiger partial charge in [0.1, 0.15) is 5.82 Å². The van der Waals surface area contributed by atoms with E-state index < -0.39 is 6.10 Å². The Labute approximate surface area is 89.7 Å². The topological polar surface area (TPSA) is 29.5 Å². The smallest absolute Gasteiger partial charge is 0.123 e.